The van der Waals surface area contributed by atoms with Gasteiger partial charge in [0.25, 0.3) is 0 Å². The van der Waals surface area contributed by atoms with Crippen LogP contribution in [0.15, 0.2) is 77.6 Å². The van der Waals surface area contributed by atoms with Gasteiger partial charge in [-0.05, 0) is 47.9 Å². The molecule has 3 aromatic rings. The molecule has 0 amide bonds. The molecule has 0 N–H and O–H groups in total. The number of rotatable bonds is 5. The Bertz CT molecular complexity index is 961. The highest BCUT2D eigenvalue weighted by Gasteiger charge is 2.06. The molecule has 0 aliphatic carbocycles. The van der Waals surface area contributed by atoms with Gasteiger partial charge in [0.05, 0.1) is 11.4 Å². The minimum atomic E-state index is 0.659. The molecule has 0 unspecified atom stereocenters. The molecule has 0 saturated carbocycles. The van der Waals surface area contributed by atoms with E-state index in [1.807, 2.05) is 49.4 Å². The zero-order valence-electron chi connectivity index (χ0n) is 14.3. The second-order valence-corrected chi connectivity index (χ2v) is 5.94. The van der Waals surface area contributed by atoms with Gasteiger partial charge in [-0.25, -0.2) is 20.0 Å². The van der Waals surface area contributed by atoms with Crippen LogP contribution < -0.4 is 0 Å². The topological polar surface area (TPSA) is 50.5 Å². The summed E-state index contributed by atoms with van der Waals surface area (Å²) >= 11 is 6.31. The zero-order chi connectivity index (χ0) is 18.4. The van der Waals surface area contributed by atoms with E-state index in [0.717, 1.165) is 27.9 Å². The largest absolute Gasteiger partial charge is 0.250 e. The van der Waals surface area contributed by atoms with Crippen LogP contribution in [0.3, 0.4) is 0 Å². The van der Waals surface area contributed by atoms with Gasteiger partial charge in [-0.3, -0.25) is 0 Å². The summed E-state index contributed by atoms with van der Waals surface area (Å²) in [4.78, 5) is 16.4. The second kappa shape index (κ2) is 8.32. The first-order valence-electron chi connectivity index (χ1n) is 8.04. The lowest BCUT2D eigenvalue weighted by molar-refractivity contribution is 1.17. The molecule has 0 saturated heterocycles. The number of nitrogens with zero attached hydrogens (tertiary/aromatic N) is 4. The van der Waals surface area contributed by atoms with Crippen molar-refractivity contribution in [3.8, 4) is 22.4 Å². The Morgan fingerprint density at radius 1 is 1.04 bits per heavy atom. The van der Waals surface area contributed by atoms with E-state index in [1.54, 1.807) is 12.4 Å². The minimum Gasteiger partial charge on any atom is -0.250 e. The van der Waals surface area contributed by atoms with Gasteiger partial charge in [-0.15, -0.1) is 0 Å². The first-order chi connectivity index (χ1) is 12.7. The highest BCUT2D eigenvalue weighted by atomic mass is 35.5. The molecule has 0 bridgehead atoms. The third-order valence-corrected chi connectivity index (χ3v) is 3.97. The first kappa shape index (κ1) is 17.7. The van der Waals surface area contributed by atoms with Gasteiger partial charge in [0.1, 0.15) is 12.7 Å². The Kier molecular flexibility index (Phi) is 5.66. The zero-order valence-corrected chi connectivity index (χ0v) is 15.1. The predicted octanol–water partition coefficient (Wildman–Crippen LogP) is 5.55. The molecule has 3 rings (SSSR count). The summed E-state index contributed by atoms with van der Waals surface area (Å²) in [5, 5.41) is 0.659. The number of aliphatic imine (C=N–C) groups is 2. The number of hydrogen-bond acceptors (Lipinski definition) is 3. The molecule has 5 heteroatoms. The van der Waals surface area contributed by atoms with Gasteiger partial charge in [-0.1, -0.05) is 42.4 Å². The molecule has 0 radical (unpaired) electrons. The fourth-order valence-electron chi connectivity index (χ4n) is 2.46. The molecule has 4 nitrogen and oxygen atoms in total. The van der Waals surface area contributed by atoms with Crippen LogP contribution in [0.25, 0.3) is 28.1 Å². The van der Waals surface area contributed by atoms with E-state index in [1.165, 1.54) is 12.7 Å². The maximum Gasteiger partial charge on any atom is 0.116 e. The maximum absolute atomic E-state index is 6.31. The molecule has 1 aromatic heterocycles. The van der Waals surface area contributed by atoms with Crippen molar-refractivity contribution >= 4 is 29.9 Å². The van der Waals surface area contributed by atoms with Crippen LogP contribution in [0.2, 0.25) is 5.02 Å². The lowest BCUT2D eigenvalue weighted by atomic mass is 10.00. The Morgan fingerprint density at radius 3 is 2.50 bits per heavy atom. The van der Waals surface area contributed by atoms with E-state index in [4.69, 9.17) is 11.6 Å². The van der Waals surface area contributed by atoms with Crippen molar-refractivity contribution in [3.05, 3.63) is 78.2 Å². The molecular formula is C21H17ClN4. The van der Waals surface area contributed by atoms with Crippen molar-refractivity contribution in [2.75, 3.05) is 0 Å². The molecule has 0 atom stereocenters. The van der Waals surface area contributed by atoms with Crippen LogP contribution >= 0.6 is 11.6 Å². The average Bonchev–Trinajstić information content (AvgIpc) is 2.68. The van der Waals surface area contributed by atoms with Crippen molar-refractivity contribution in [1.29, 1.82) is 0 Å². The van der Waals surface area contributed by atoms with Gasteiger partial charge in [0.15, 0.2) is 0 Å². The van der Waals surface area contributed by atoms with Crippen molar-refractivity contribution in [3.63, 3.8) is 0 Å². The summed E-state index contributed by atoms with van der Waals surface area (Å²) in [6.45, 7) is 5.80. The van der Waals surface area contributed by atoms with Gasteiger partial charge in [0.2, 0.25) is 0 Å². The molecule has 0 fully saturated rings. The Morgan fingerprint density at radius 2 is 1.81 bits per heavy atom. The quantitative estimate of drug-likeness (QED) is 0.442. The molecular weight excluding hydrogens is 344 g/mol. The molecule has 0 aliphatic rings. The third-order valence-electron chi connectivity index (χ3n) is 3.76. The lowest BCUT2D eigenvalue weighted by Crippen LogP contribution is -1.87. The average molecular weight is 361 g/mol. The monoisotopic (exact) mass is 360 g/mol. The van der Waals surface area contributed by atoms with Crippen molar-refractivity contribution < 1.29 is 0 Å². The van der Waals surface area contributed by atoms with Gasteiger partial charge >= 0.3 is 0 Å². The van der Waals surface area contributed by atoms with Crippen molar-refractivity contribution in [2.45, 2.75) is 6.92 Å². The number of benzene rings is 2. The maximum atomic E-state index is 6.31. The van der Waals surface area contributed by atoms with Crippen molar-refractivity contribution in [1.82, 2.24) is 9.97 Å². The van der Waals surface area contributed by atoms with Gasteiger partial charge in [-0.2, -0.15) is 0 Å². The summed E-state index contributed by atoms with van der Waals surface area (Å²) in [6.07, 6.45) is 6.40. The standard InChI is InChI=1S/C21H17ClN4/c1-3-23-13-25-15(2)16-4-6-17(7-5-16)18-10-19(12-20(22)11-18)21-8-9-24-14-26-21/h3-14H,2H2,1H3. The van der Waals surface area contributed by atoms with E-state index >= 15 is 0 Å². The van der Waals surface area contributed by atoms with Crippen LogP contribution in [0.5, 0.6) is 0 Å². The summed E-state index contributed by atoms with van der Waals surface area (Å²) < 4.78 is 0. The third kappa shape index (κ3) is 4.29. The SMILES string of the molecule is C=C(N=CN=CC)c1ccc(-c2cc(Cl)cc(-c3ccncn3)c2)cc1. The summed E-state index contributed by atoms with van der Waals surface area (Å²) in [6, 6.07) is 15.8. The smallest absolute Gasteiger partial charge is 0.116 e. The van der Waals surface area contributed by atoms with Crippen LogP contribution in [0, 0.1) is 0 Å². The van der Waals surface area contributed by atoms with Crippen LogP contribution in [0.1, 0.15) is 12.5 Å². The number of halogens is 1. The molecule has 0 spiro atoms. The summed E-state index contributed by atoms with van der Waals surface area (Å²) in [5.41, 5.74) is 5.45. The van der Waals surface area contributed by atoms with Crippen LogP contribution in [-0.4, -0.2) is 22.5 Å². The Balaban J connectivity index is 1.90. The fourth-order valence-corrected chi connectivity index (χ4v) is 2.70. The summed E-state index contributed by atoms with van der Waals surface area (Å²) in [5.74, 6) is 0. The Hall–Kier alpha value is -3.11. The first-order valence-corrected chi connectivity index (χ1v) is 8.42. The second-order valence-electron chi connectivity index (χ2n) is 5.50. The predicted molar refractivity (Wildman–Crippen MR) is 110 cm³/mol. The van der Waals surface area contributed by atoms with E-state index in [-0.39, 0.29) is 0 Å². The van der Waals surface area contributed by atoms with Crippen LogP contribution in [-0.2, 0) is 0 Å². The van der Waals surface area contributed by atoms with Crippen LogP contribution in [0.4, 0.5) is 0 Å². The Labute approximate surface area is 157 Å². The van der Waals surface area contributed by atoms with Gasteiger partial charge < -0.3 is 0 Å². The minimum absolute atomic E-state index is 0.659. The summed E-state index contributed by atoms with van der Waals surface area (Å²) in [7, 11) is 0. The van der Waals surface area contributed by atoms with E-state index in [2.05, 4.69) is 32.6 Å². The number of hydrogen-bond donors (Lipinski definition) is 0. The molecule has 26 heavy (non-hydrogen) atoms. The molecule has 0 aliphatic heterocycles. The van der Waals surface area contributed by atoms with Crippen molar-refractivity contribution in [2.24, 2.45) is 9.98 Å². The molecule has 2 aromatic carbocycles. The lowest BCUT2D eigenvalue weighted by Gasteiger charge is -2.08. The number of aromatic nitrogens is 2. The normalized spacial score (nSPS) is 11.3. The molecule has 1 heterocycles. The van der Waals surface area contributed by atoms with Gasteiger partial charge in [0, 0.05) is 23.0 Å². The fraction of sp³-hybridized carbons (Fsp3) is 0.0476. The van der Waals surface area contributed by atoms with E-state index in [0.29, 0.717) is 10.7 Å². The highest BCUT2D eigenvalue weighted by Crippen LogP contribution is 2.30. The van der Waals surface area contributed by atoms with E-state index < -0.39 is 0 Å². The highest BCUT2D eigenvalue weighted by molar-refractivity contribution is 6.31. The van der Waals surface area contributed by atoms with E-state index in [9.17, 15) is 0 Å². The molecule has 128 valence electrons.